The lowest BCUT2D eigenvalue weighted by molar-refractivity contribution is 0.288. The fraction of sp³-hybridized carbons (Fsp3) is 0.724. The first-order chi connectivity index (χ1) is 14.8. The van der Waals surface area contributed by atoms with Gasteiger partial charge in [-0.25, -0.2) is 0 Å². The molecule has 2 fully saturated rings. The molecule has 0 saturated heterocycles. The highest BCUT2D eigenvalue weighted by Crippen LogP contribution is 2.38. The molecule has 2 aliphatic carbocycles. The Hall–Kier alpha value is -1.24. The normalized spacial score (nSPS) is 27.4. The van der Waals surface area contributed by atoms with E-state index in [-0.39, 0.29) is 0 Å². The molecule has 0 spiro atoms. The van der Waals surface area contributed by atoms with Crippen LogP contribution in [0.2, 0.25) is 0 Å². The van der Waals surface area contributed by atoms with Crippen molar-refractivity contribution in [2.45, 2.75) is 110 Å². The molecule has 0 amide bonds. The molecule has 1 aromatic rings. The van der Waals surface area contributed by atoms with Gasteiger partial charge in [-0.2, -0.15) is 0 Å². The van der Waals surface area contributed by atoms with Crippen LogP contribution in [0, 0.1) is 17.8 Å². The van der Waals surface area contributed by atoms with Crippen molar-refractivity contribution in [1.82, 2.24) is 0 Å². The molecule has 1 nitrogen and oxygen atoms in total. The lowest BCUT2D eigenvalue weighted by atomic mass is 9.77. The molecule has 2 aliphatic rings. The van der Waals surface area contributed by atoms with Crippen LogP contribution in [0.25, 0.3) is 0 Å². The van der Waals surface area contributed by atoms with Gasteiger partial charge >= 0.3 is 0 Å². The number of hydrogen-bond acceptors (Lipinski definition) is 1. The van der Waals surface area contributed by atoms with Crippen LogP contribution in [0.15, 0.2) is 36.4 Å². The Morgan fingerprint density at radius 1 is 0.767 bits per heavy atom. The van der Waals surface area contributed by atoms with Gasteiger partial charge in [-0.15, -0.1) is 0 Å². The summed E-state index contributed by atoms with van der Waals surface area (Å²) >= 11 is 0. The Balaban J connectivity index is 1.32. The third kappa shape index (κ3) is 7.78. The van der Waals surface area contributed by atoms with Crippen LogP contribution in [0.5, 0.6) is 5.75 Å². The van der Waals surface area contributed by atoms with Gasteiger partial charge in [0.25, 0.3) is 0 Å². The first kappa shape index (κ1) is 23.4. The predicted octanol–water partition coefficient (Wildman–Crippen LogP) is 9.08. The lowest BCUT2D eigenvalue weighted by Gasteiger charge is -2.28. The van der Waals surface area contributed by atoms with E-state index >= 15 is 0 Å². The van der Waals surface area contributed by atoms with Crippen LogP contribution in [0.1, 0.15) is 115 Å². The van der Waals surface area contributed by atoms with Gasteiger partial charge in [0.05, 0.1) is 0 Å². The standard InChI is InChI=1S/C29H46O/c1-3-5-6-9-25-11-13-26(14-12-25)10-7-23-30-29-21-19-28(20-22-29)27-17-15-24(8-4-2)16-18-27/h7,10,19-22,24-27H,3-6,8-9,11-18,23H2,1-2H3/b10-7+. The Labute approximate surface area is 186 Å². The minimum atomic E-state index is 0.706. The summed E-state index contributed by atoms with van der Waals surface area (Å²) in [5.74, 6) is 4.54. The summed E-state index contributed by atoms with van der Waals surface area (Å²) in [4.78, 5) is 0. The number of benzene rings is 1. The molecule has 0 aromatic heterocycles. The zero-order valence-electron chi connectivity index (χ0n) is 19.8. The number of unbranched alkanes of at least 4 members (excludes halogenated alkanes) is 2. The summed E-state index contributed by atoms with van der Waals surface area (Å²) in [5, 5.41) is 0. The molecule has 2 saturated carbocycles. The van der Waals surface area contributed by atoms with Gasteiger partial charge in [-0.1, -0.05) is 76.7 Å². The summed E-state index contributed by atoms with van der Waals surface area (Å²) in [6.45, 7) is 5.33. The molecular formula is C29H46O. The van der Waals surface area contributed by atoms with Gasteiger partial charge in [-0.3, -0.25) is 0 Å². The van der Waals surface area contributed by atoms with Crippen LogP contribution in [0.4, 0.5) is 0 Å². The summed E-state index contributed by atoms with van der Waals surface area (Å²) < 4.78 is 5.99. The van der Waals surface area contributed by atoms with E-state index in [4.69, 9.17) is 4.74 Å². The molecular weight excluding hydrogens is 364 g/mol. The molecule has 0 bridgehead atoms. The van der Waals surface area contributed by atoms with Gasteiger partial charge in [0.15, 0.2) is 0 Å². The second-order valence-electron chi connectivity index (χ2n) is 10.1. The minimum absolute atomic E-state index is 0.706. The second kappa shape index (κ2) is 13.2. The molecule has 1 aromatic carbocycles. The zero-order valence-corrected chi connectivity index (χ0v) is 19.8. The molecule has 0 heterocycles. The van der Waals surface area contributed by atoms with Crippen molar-refractivity contribution in [1.29, 1.82) is 0 Å². The number of ether oxygens (including phenoxy) is 1. The quantitative estimate of drug-likeness (QED) is 0.261. The first-order valence-corrected chi connectivity index (χ1v) is 13.2. The summed E-state index contributed by atoms with van der Waals surface area (Å²) in [5.41, 5.74) is 1.52. The minimum Gasteiger partial charge on any atom is -0.490 e. The highest BCUT2D eigenvalue weighted by Gasteiger charge is 2.22. The molecule has 168 valence electrons. The third-order valence-corrected chi connectivity index (χ3v) is 7.76. The molecule has 0 unspecified atom stereocenters. The Morgan fingerprint density at radius 3 is 2.10 bits per heavy atom. The van der Waals surface area contributed by atoms with Crippen molar-refractivity contribution in [2.75, 3.05) is 6.61 Å². The van der Waals surface area contributed by atoms with E-state index in [1.54, 1.807) is 0 Å². The summed E-state index contributed by atoms with van der Waals surface area (Å²) in [7, 11) is 0. The maximum Gasteiger partial charge on any atom is 0.119 e. The molecule has 0 atom stereocenters. The molecule has 0 N–H and O–H groups in total. The Bertz CT molecular complexity index is 585. The van der Waals surface area contributed by atoms with Crippen molar-refractivity contribution >= 4 is 0 Å². The average Bonchev–Trinajstić information content (AvgIpc) is 2.79. The maximum atomic E-state index is 5.99. The highest BCUT2D eigenvalue weighted by molar-refractivity contribution is 5.29. The van der Waals surface area contributed by atoms with Crippen molar-refractivity contribution in [3.63, 3.8) is 0 Å². The molecule has 30 heavy (non-hydrogen) atoms. The van der Waals surface area contributed by atoms with Gasteiger partial charge in [0.2, 0.25) is 0 Å². The maximum absolute atomic E-state index is 5.99. The lowest BCUT2D eigenvalue weighted by Crippen LogP contribution is -2.13. The number of rotatable bonds is 11. The van der Waals surface area contributed by atoms with Crippen LogP contribution < -0.4 is 4.74 Å². The fourth-order valence-electron chi connectivity index (χ4n) is 5.77. The smallest absolute Gasteiger partial charge is 0.119 e. The third-order valence-electron chi connectivity index (χ3n) is 7.76. The van der Waals surface area contributed by atoms with Gasteiger partial charge in [0.1, 0.15) is 12.4 Å². The predicted molar refractivity (Wildman–Crippen MR) is 130 cm³/mol. The monoisotopic (exact) mass is 410 g/mol. The van der Waals surface area contributed by atoms with Crippen molar-refractivity contribution in [3.8, 4) is 5.75 Å². The van der Waals surface area contributed by atoms with E-state index in [0.717, 1.165) is 29.4 Å². The van der Waals surface area contributed by atoms with E-state index in [1.165, 1.54) is 95.5 Å². The fourth-order valence-corrected chi connectivity index (χ4v) is 5.77. The van der Waals surface area contributed by atoms with Crippen molar-refractivity contribution in [3.05, 3.63) is 42.0 Å². The van der Waals surface area contributed by atoms with E-state index in [9.17, 15) is 0 Å². The number of allylic oxidation sites excluding steroid dienone is 1. The highest BCUT2D eigenvalue weighted by atomic mass is 16.5. The van der Waals surface area contributed by atoms with E-state index < -0.39 is 0 Å². The molecule has 0 aliphatic heterocycles. The molecule has 0 radical (unpaired) electrons. The van der Waals surface area contributed by atoms with Crippen LogP contribution in [-0.2, 0) is 0 Å². The van der Waals surface area contributed by atoms with E-state index in [1.807, 2.05) is 0 Å². The summed E-state index contributed by atoms with van der Waals surface area (Å²) in [6, 6.07) is 8.99. The van der Waals surface area contributed by atoms with Gasteiger partial charge in [0, 0.05) is 0 Å². The average molecular weight is 411 g/mol. The molecule has 3 rings (SSSR count). The van der Waals surface area contributed by atoms with Gasteiger partial charge in [-0.05, 0) is 92.7 Å². The largest absolute Gasteiger partial charge is 0.490 e. The molecule has 1 heteroatoms. The van der Waals surface area contributed by atoms with E-state index in [2.05, 4.69) is 50.3 Å². The van der Waals surface area contributed by atoms with E-state index in [0.29, 0.717) is 6.61 Å². The second-order valence-corrected chi connectivity index (χ2v) is 10.1. The SMILES string of the molecule is CCCCCC1CCC(/C=C/COc2ccc(C3CCC(CCC)CC3)cc2)CC1. The van der Waals surface area contributed by atoms with Crippen molar-refractivity contribution < 1.29 is 4.74 Å². The van der Waals surface area contributed by atoms with Crippen LogP contribution in [0.3, 0.4) is 0 Å². The van der Waals surface area contributed by atoms with Crippen LogP contribution >= 0.6 is 0 Å². The van der Waals surface area contributed by atoms with Crippen LogP contribution in [-0.4, -0.2) is 6.61 Å². The Kier molecular flexibility index (Phi) is 10.3. The first-order valence-electron chi connectivity index (χ1n) is 13.2. The van der Waals surface area contributed by atoms with Gasteiger partial charge < -0.3 is 4.74 Å². The van der Waals surface area contributed by atoms with Crippen molar-refractivity contribution in [2.24, 2.45) is 17.8 Å². The topological polar surface area (TPSA) is 9.23 Å². The number of hydrogen-bond donors (Lipinski definition) is 0. The Morgan fingerprint density at radius 2 is 1.43 bits per heavy atom. The zero-order chi connectivity index (χ0) is 21.0. The summed E-state index contributed by atoms with van der Waals surface area (Å²) in [6.07, 6.45) is 24.3.